The Morgan fingerprint density at radius 3 is 2.66 bits per heavy atom. The Kier molecular flexibility index (Phi) is 5.60. The summed E-state index contributed by atoms with van der Waals surface area (Å²) in [5.41, 5.74) is 8.82. The number of aryl methyl sites for hydroxylation is 1. The van der Waals surface area contributed by atoms with E-state index in [1.54, 1.807) is 43.3 Å². The molecule has 0 saturated carbocycles. The Morgan fingerprint density at radius 2 is 1.90 bits per heavy atom. The van der Waals surface area contributed by atoms with Crippen LogP contribution in [0.5, 0.6) is 0 Å². The number of hydrogen-bond donors (Lipinski definition) is 3. The van der Waals surface area contributed by atoms with Crippen molar-refractivity contribution >= 4 is 17.5 Å². The molecule has 0 bridgehead atoms. The molecule has 6 nitrogen and oxygen atoms in total. The smallest absolute Gasteiger partial charge is 0.253 e. The van der Waals surface area contributed by atoms with Gasteiger partial charge in [0.1, 0.15) is 11.9 Å². The summed E-state index contributed by atoms with van der Waals surface area (Å²) in [6, 6.07) is 11.5. The predicted octanol–water partition coefficient (Wildman–Crippen LogP) is 2.92. The summed E-state index contributed by atoms with van der Waals surface area (Å²) in [5.74, 6) is -0.409. The van der Waals surface area contributed by atoms with Crippen LogP contribution in [-0.2, 0) is 4.79 Å². The quantitative estimate of drug-likeness (QED) is 0.743. The number of halogens is 1. The zero-order valence-electron chi connectivity index (χ0n) is 16.4. The number of anilines is 1. The normalized spacial score (nSPS) is 21.4. The summed E-state index contributed by atoms with van der Waals surface area (Å²) in [5, 5.41) is 2.89. The van der Waals surface area contributed by atoms with Gasteiger partial charge in [0.15, 0.2) is 0 Å². The van der Waals surface area contributed by atoms with Gasteiger partial charge in [0.2, 0.25) is 5.91 Å². The largest absolute Gasteiger partial charge is 0.339 e. The van der Waals surface area contributed by atoms with E-state index in [4.69, 9.17) is 0 Å². The minimum Gasteiger partial charge on any atom is -0.339 e. The first-order valence-corrected chi connectivity index (χ1v) is 9.98. The number of amides is 2. The van der Waals surface area contributed by atoms with Gasteiger partial charge in [0.05, 0.1) is 0 Å². The summed E-state index contributed by atoms with van der Waals surface area (Å²) in [4.78, 5) is 27.1. The van der Waals surface area contributed by atoms with Gasteiger partial charge < -0.3 is 10.2 Å². The number of hydrogen-bond acceptors (Lipinski definition) is 4. The second-order valence-electron chi connectivity index (χ2n) is 7.71. The fourth-order valence-electron chi connectivity index (χ4n) is 3.89. The first-order chi connectivity index (χ1) is 14.0. The molecule has 29 heavy (non-hydrogen) atoms. The van der Waals surface area contributed by atoms with E-state index in [-0.39, 0.29) is 23.7 Å². The number of hydrazine groups is 1. The Hall–Kier alpha value is -2.77. The van der Waals surface area contributed by atoms with E-state index in [9.17, 15) is 14.0 Å². The summed E-state index contributed by atoms with van der Waals surface area (Å²) in [6.45, 7) is 3.30. The van der Waals surface area contributed by atoms with Crippen LogP contribution >= 0.6 is 0 Å². The van der Waals surface area contributed by atoms with Crippen molar-refractivity contribution in [3.05, 3.63) is 65.0 Å². The van der Waals surface area contributed by atoms with Gasteiger partial charge >= 0.3 is 0 Å². The SMILES string of the molecule is Cc1cc(C2CC(C(=O)Nc3cccc(C(=O)N4CCCC4)c3)NN2)ccc1F. The van der Waals surface area contributed by atoms with Crippen molar-refractivity contribution in [2.24, 2.45) is 0 Å². The van der Waals surface area contributed by atoms with Crippen LogP contribution in [0.2, 0.25) is 0 Å². The Morgan fingerprint density at radius 1 is 1.10 bits per heavy atom. The van der Waals surface area contributed by atoms with E-state index < -0.39 is 6.04 Å². The average Bonchev–Trinajstić information content (AvgIpc) is 3.42. The van der Waals surface area contributed by atoms with Crippen molar-refractivity contribution in [2.45, 2.75) is 38.3 Å². The van der Waals surface area contributed by atoms with Crippen LogP contribution in [0.4, 0.5) is 10.1 Å². The van der Waals surface area contributed by atoms with Gasteiger partial charge in [-0.15, -0.1) is 0 Å². The summed E-state index contributed by atoms with van der Waals surface area (Å²) in [7, 11) is 0. The molecule has 7 heteroatoms. The van der Waals surface area contributed by atoms with Gasteiger partial charge in [0, 0.05) is 30.4 Å². The highest BCUT2D eigenvalue weighted by molar-refractivity contribution is 5.98. The van der Waals surface area contributed by atoms with E-state index in [1.807, 2.05) is 4.90 Å². The van der Waals surface area contributed by atoms with Crippen LogP contribution in [0.15, 0.2) is 42.5 Å². The van der Waals surface area contributed by atoms with Crippen LogP contribution in [0, 0.1) is 12.7 Å². The van der Waals surface area contributed by atoms with Crippen LogP contribution in [0.25, 0.3) is 0 Å². The average molecular weight is 396 g/mol. The lowest BCUT2D eigenvalue weighted by molar-refractivity contribution is -0.117. The van der Waals surface area contributed by atoms with Gasteiger partial charge in [-0.05, 0) is 61.6 Å². The zero-order chi connectivity index (χ0) is 20.4. The molecular formula is C22H25FN4O2. The third-order valence-corrected chi connectivity index (χ3v) is 5.57. The topological polar surface area (TPSA) is 73.5 Å². The second-order valence-corrected chi connectivity index (χ2v) is 7.71. The molecule has 2 aliphatic heterocycles. The standard InChI is InChI=1S/C22H25FN4O2/c1-14-11-15(7-8-18(14)23)19-13-20(26-25-19)21(28)24-17-6-4-5-16(12-17)22(29)27-9-2-3-10-27/h4-8,11-12,19-20,25-26H,2-3,9-10,13H2,1H3,(H,24,28). The highest BCUT2D eigenvalue weighted by atomic mass is 19.1. The second kappa shape index (κ2) is 8.31. The Labute approximate surface area is 169 Å². The maximum atomic E-state index is 13.5. The van der Waals surface area contributed by atoms with Crippen molar-refractivity contribution in [1.29, 1.82) is 0 Å². The lowest BCUT2D eigenvalue weighted by Gasteiger charge is -2.16. The highest BCUT2D eigenvalue weighted by Gasteiger charge is 2.30. The molecular weight excluding hydrogens is 371 g/mol. The number of nitrogens with zero attached hydrogens (tertiary/aromatic N) is 1. The van der Waals surface area contributed by atoms with Crippen molar-refractivity contribution in [2.75, 3.05) is 18.4 Å². The molecule has 2 amide bonds. The molecule has 0 spiro atoms. The maximum Gasteiger partial charge on any atom is 0.253 e. The summed E-state index contributed by atoms with van der Waals surface area (Å²) < 4.78 is 13.5. The molecule has 2 atom stereocenters. The van der Waals surface area contributed by atoms with Crippen molar-refractivity contribution in [3.63, 3.8) is 0 Å². The summed E-state index contributed by atoms with van der Waals surface area (Å²) in [6.07, 6.45) is 2.62. The number of nitrogens with one attached hydrogen (secondary N) is 3. The van der Waals surface area contributed by atoms with E-state index in [0.29, 0.717) is 23.2 Å². The van der Waals surface area contributed by atoms with E-state index in [0.717, 1.165) is 31.5 Å². The molecule has 2 aromatic carbocycles. The Balaban J connectivity index is 1.39. The van der Waals surface area contributed by atoms with Gasteiger partial charge in [-0.1, -0.05) is 18.2 Å². The molecule has 0 aliphatic carbocycles. The molecule has 4 rings (SSSR count). The zero-order valence-corrected chi connectivity index (χ0v) is 16.4. The Bertz CT molecular complexity index is 927. The number of carbonyl (C=O) groups excluding carboxylic acids is 2. The minimum atomic E-state index is -0.428. The maximum absolute atomic E-state index is 13.5. The van der Waals surface area contributed by atoms with E-state index >= 15 is 0 Å². The number of carbonyl (C=O) groups is 2. The molecule has 0 aromatic heterocycles. The predicted molar refractivity (Wildman–Crippen MR) is 109 cm³/mol. The number of benzene rings is 2. The van der Waals surface area contributed by atoms with Gasteiger partial charge in [-0.25, -0.2) is 15.2 Å². The lowest BCUT2D eigenvalue weighted by Crippen LogP contribution is -2.39. The van der Waals surface area contributed by atoms with Crippen molar-refractivity contribution in [3.8, 4) is 0 Å². The van der Waals surface area contributed by atoms with Crippen LogP contribution < -0.4 is 16.2 Å². The third kappa shape index (κ3) is 4.31. The van der Waals surface area contributed by atoms with E-state index in [2.05, 4.69) is 16.2 Å². The van der Waals surface area contributed by atoms with Crippen LogP contribution in [0.3, 0.4) is 0 Å². The van der Waals surface area contributed by atoms with Crippen molar-refractivity contribution < 1.29 is 14.0 Å². The first kappa shape index (κ1) is 19.5. The minimum absolute atomic E-state index is 0.00556. The molecule has 2 aromatic rings. The van der Waals surface area contributed by atoms with Gasteiger partial charge in [0.25, 0.3) is 5.91 Å². The molecule has 2 unspecified atom stereocenters. The fraction of sp³-hybridized carbons (Fsp3) is 0.364. The molecule has 2 fully saturated rings. The van der Waals surface area contributed by atoms with Gasteiger partial charge in [-0.3, -0.25) is 9.59 Å². The molecule has 3 N–H and O–H groups in total. The van der Waals surface area contributed by atoms with Crippen molar-refractivity contribution in [1.82, 2.24) is 15.8 Å². The van der Waals surface area contributed by atoms with Gasteiger partial charge in [-0.2, -0.15) is 0 Å². The molecule has 2 saturated heterocycles. The molecule has 152 valence electrons. The highest BCUT2D eigenvalue weighted by Crippen LogP contribution is 2.25. The van der Waals surface area contributed by atoms with Crippen LogP contribution in [-0.4, -0.2) is 35.8 Å². The van der Waals surface area contributed by atoms with E-state index in [1.165, 1.54) is 6.07 Å². The summed E-state index contributed by atoms with van der Waals surface area (Å²) >= 11 is 0. The fourth-order valence-corrected chi connectivity index (χ4v) is 3.89. The lowest BCUT2D eigenvalue weighted by atomic mass is 10.00. The number of rotatable bonds is 4. The first-order valence-electron chi connectivity index (χ1n) is 9.98. The molecule has 2 aliphatic rings. The number of likely N-dealkylation sites (tertiary alicyclic amines) is 1. The van der Waals surface area contributed by atoms with Crippen LogP contribution in [0.1, 0.15) is 46.8 Å². The monoisotopic (exact) mass is 396 g/mol. The molecule has 0 radical (unpaired) electrons. The third-order valence-electron chi connectivity index (χ3n) is 5.57. The molecule has 2 heterocycles.